The Morgan fingerprint density at radius 2 is 1.45 bits per heavy atom. The van der Waals surface area contributed by atoms with Gasteiger partial charge in [-0.05, 0) is 43.2 Å². The van der Waals surface area contributed by atoms with Gasteiger partial charge in [-0.2, -0.15) is 10.1 Å². The molecular formula is C24H19N3O11. The summed E-state index contributed by atoms with van der Waals surface area (Å²) in [5, 5.41) is 55.3. The molecule has 38 heavy (non-hydrogen) atoms. The molecule has 0 radical (unpaired) electrons. The first-order valence-corrected chi connectivity index (χ1v) is 10.8. The maximum absolute atomic E-state index is 12.6. The molecule has 3 aromatic rings. The highest BCUT2D eigenvalue weighted by molar-refractivity contribution is 6.32. The van der Waals surface area contributed by atoms with Gasteiger partial charge in [-0.25, -0.2) is 4.79 Å². The number of hydrogen-bond acceptors (Lipinski definition) is 12. The lowest BCUT2D eigenvalue weighted by Crippen LogP contribution is -2.22. The number of nitrogens with zero attached hydrogens (tertiary/aromatic N) is 3. The molecule has 0 saturated carbocycles. The number of cyclic esters (lactones) is 1. The minimum Gasteiger partial charge on any atom is -0.507 e. The number of furan rings is 1. The van der Waals surface area contributed by atoms with Crippen LogP contribution in [0.1, 0.15) is 48.7 Å². The molecule has 1 aliphatic heterocycles. The van der Waals surface area contributed by atoms with E-state index < -0.39 is 45.6 Å². The third-order valence-electron chi connectivity index (χ3n) is 5.70. The lowest BCUT2D eigenvalue weighted by atomic mass is 9.80. The number of hydrazone groups is 1. The van der Waals surface area contributed by atoms with Crippen molar-refractivity contribution < 1.29 is 48.9 Å². The summed E-state index contributed by atoms with van der Waals surface area (Å²) in [4.78, 5) is 45.8. The summed E-state index contributed by atoms with van der Waals surface area (Å²) < 4.78 is 9.44. The second kappa shape index (κ2) is 9.57. The highest BCUT2D eigenvalue weighted by atomic mass is 16.6. The summed E-state index contributed by atoms with van der Waals surface area (Å²) in [6, 6.07) is 4.93. The van der Waals surface area contributed by atoms with Crippen LogP contribution < -0.4 is 0 Å². The summed E-state index contributed by atoms with van der Waals surface area (Å²) >= 11 is 0. The van der Waals surface area contributed by atoms with Gasteiger partial charge in [-0.15, -0.1) is 0 Å². The van der Waals surface area contributed by atoms with Crippen LogP contribution in [0.5, 0.6) is 23.0 Å². The number of aromatic hydroxyl groups is 4. The molecule has 0 spiro atoms. The van der Waals surface area contributed by atoms with Gasteiger partial charge < -0.3 is 29.6 Å². The first-order valence-electron chi connectivity index (χ1n) is 10.8. The van der Waals surface area contributed by atoms with Crippen LogP contribution in [0.2, 0.25) is 0 Å². The molecule has 14 nitrogen and oxygen atoms in total. The highest BCUT2D eigenvalue weighted by Crippen LogP contribution is 2.45. The fourth-order valence-electron chi connectivity index (χ4n) is 3.86. The smallest absolute Gasteiger partial charge is 0.433 e. The average Bonchev–Trinajstić information content (AvgIpc) is 3.50. The molecule has 2 aliphatic rings. The number of carbonyl (C=O) groups excluding carboxylic acids is 3. The standard InChI is InChI=1S/C16H12O6.C8H7N3O5/c1-5-3-7(17)9-11(13(5)19)15(21)10-8(18)4-6(2)14(20)12(10)16(9)22;12-8-10(3-4-15-8)9-5-6-1-2-7(16-6)11(13)14/h3-4,17-20H,1-2H3;1-2,5H,3-4H2. The summed E-state index contributed by atoms with van der Waals surface area (Å²) in [5.41, 5.74) is -1.04. The first kappa shape index (κ1) is 25.7. The molecule has 1 saturated heterocycles. The zero-order chi connectivity index (χ0) is 27.9. The Hall–Kier alpha value is -5.40. The molecule has 0 bridgehead atoms. The van der Waals surface area contributed by atoms with Crippen molar-refractivity contribution in [1.82, 2.24) is 5.01 Å². The number of nitro groups is 1. The van der Waals surface area contributed by atoms with Gasteiger partial charge in [0.2, 0.25) is 11.6 Å². The Morgan fingerprint density at radius 3 is 1.87 bits per heavy atom. The monoisotopic (exact) mass is 525 g/mol. The van der Waals surface area contributed by atoms with Crippen molar-refractivity contribution in [3.05, 3.63) is 73.5 Å². The Kier molecular flexibility index (Phi) is 6.47. The van der Waals surface area contributed by atoms with E-state index in [4.69, 9.17) is 4.42 Å². The van der Waals surface area contributed by atoms with E-state index in [2.05, 4.69) is 9.84 Å². The van der Waals surface area contributed by atoms with E-state index >= 15 is 0 Å². The van der Waals surface area contributed by atoms with Gasteiger partial charge in [0.1, 0.15) is 34.5 Å². The maximum Gasteiger partial charge on any atom is 0.433 e. The minimum atomic E-state index is -0.825. The van der Waals surface area contributed by atoms with Crippen molar-refractivity contribution in [1.29, 1.82) is 0 Å². The van der Waals surface area contributed by atoms with Crippen molar-refractivity contribution in [2.45, 2.75) is 13.8 Å². The third kappa shape index (κ3) is 4.34. The van der Waals surface area contributed by atoms with Gasteiger partial charge in [0, 0.05) is 0 Å². The summed E-state index contributed by atoms with van der Waals surface area (Å²) in [6.07, 6.45) is 0.678. The molecule has 196 valence electrons. The number of rotatable bonds is 3. The van der Waals surface area contributed by atoms with Gasteiger partial charge in [0.15, 0.2) is 5.76 Å². The molecule has 1 amide bonds. The number of aryl methyl sites for hydroxylation is 2. The normalized spacial score (nSPS) is 14.2. The Balaban J connectivity index is 0.000000186. The number of carbonyl (C=O) groups is 3. The number of hydrogen-bond donors (Lipinski definition) is 4. The Labute approximate surface area is 212 Å². The number of ketones is 2. The fraction of sp³-hybridized carbons (Fsp3) is 0.167. The van der Waals surface area contributed by atoms with Crippen molar-refractivity contribution in [2.24, 2.45) is 5.10 Å². The van der Waals surface area contributed by atoms with E-state index in [1.807, 2.05) is 0 Å². The highest BCUT2D eigenvalue weighted by Gasteiger charge is 2.39. The van der Waals surface area contributed by atoms with E-state index in [0.29, 0.717) is 6.54 Å². The predicted octanol–water partition coefficient (Wildman–Crippen LogP) is 2.88. The van der Waals surface area contributed by atoms with E-state index in [0.717, 1.165) is 17.1 Å². The molecule has 14 heteroatoms. The molecule has 5 rings (SSSR count). The van der Waals surface area contributed by atoms with Crippen molar-refractivity contribution in [3.8, 4) is 23.0 Å². The van der Waals surface area contributed by atoms with Crippen LogP contribution in [0.15, 0.2) is 33.8 Å². The third-order valence-corrected chi connectivity index (χ3v) is 5.70. The zero-order valence-corrected chi connectivity index (χ0v) is 19.8. The van der Waals surface area contributed by atoms with Gasteiger partial charge >= 0.3 is 12.0 Å². The number of ether oxygens (including phenoxy) is 1. The maximum atomic E-state index is 12.6. The molecule has 0 unspecified atom stereocenters. The van der Waals surface area contributed by atoms with E-state index in [1.54, 1.807) is 0 Å². The summed E-state index contributed by atoms with van der Waals surface area (Å²) in [7, 11) is 0. The lowest BCUT2D eigenvalue weighted by molar-refractivity contribution is -0.402. The van der Waals surface area contributed by atoms with Crippen LogP contribution in [0.4, 0.5) is 10.7 Å². The SMILES string of the molecule is Cc1cc(O)c2c(c1O)C(=O)c1c(O)cc(C)c(O)c1C2=O.O=C1OCCN1N=Cc1ccc([N+](=O)[O-])o1. The molecular weight excluding hydrogens is 506 g/mol. The zero-order valence-electron chi connectivity index (χ0n) is 19.8. The average molecular weight is 525 g/mol. The Bertz CT molecular complexity index is 1480. The van der Waals surface area contributed by atoms with Crippen molar-refractivity contribution in [2.75, 3.05) is 13.2 Å². The van der Waals surface area contributed by atoms with Crippen LogP contribution in [-0.2, 0) is 4.74 Å². The molecule has 2 aromatic carbocycles. The number of fused-ring (bicyclic) bond motifs is 2. The first-order chi connectivity index (χ1) is 17.9. The van der Waals surface area contributed by atoms with Crippen LogP contribution in [0, 0.1) is 24.0 Å². The van der Waals surface area contributed by atoms with E-state index in [9.17, 15) is 44.9 Å². The van der Waals surface area contributed by atoms with Crippen LogP contribution in [0.25, 0.3) is 0 Å². The van der Waals surface area contributed by atoms with Gasteiger partial charge in [-0.1, -0.05) is 0 Å². The van der Waals surface area contributed by atoms with E-state index in [1.165, 1.54) is 32.2 Å². The molecule has 4 N–H and O–H groups in total. The van der Waals surface area contributed by atoms with Gasteiger partial charge in [-0.3, -0.25) is 19.7 Å². The number of benzene rings is 2. The van der Waals surface area contributed by atoms with Crippen LogP contribution >= 0.6 is 0 Å². The second-order valence-corrected chi connectivity index (χ2v) is 8.20. The molecule has 0 atom stereocenters. The predicted molar refractivity (Wildman–Crippen MR) is 127 cm³/mol. The largest absolute Gasteiger partial charge is 0.507 e. The fourth-order valence-corrected chi connectivity index (χ4v) is 3.86. The minimum absolute atomic E-state index is 0.200. The number of phenolic OH excluding ortho intramolecular Hbond substituents is 4. The van der Waals surface area contributed by atoms with Crippen molar-refractivity contribution >= 4 is 29.8 Å². The summed E-state index contributed by atoms with van der Waals surface area (Å²) in [6.45, 7) is 3.58. The van der Waals surface area contributed by atoms with Crippen molar-refractivity contribution in [3.63, 3.8) is 0 Å². The number of phenols is 4. The van der Waals surface area contributed by atoms with E-state index in [-0.39, 0.29) is 51.6 Å². The number of amides is 1. The van der Waals surface area contributed by atoms with Gasteiger partial charge in [0.05, 0.1) is 41.1 Å². The molecule has 2 heterocycles. The quantitative estimate of drug-likeness (QED) is 0.132. The van der Waals surface area contributed by atoms with Crippen LogP contribution in [0.3, 0.4) is 0 Å². The van der Waals surface area contributed by atoms with Gasteiger partial charge in [0.25, 0.3) is 0 Å². The topological polar surface area (TPSA) is 213 Å². The second-order valence-electron chi connectivity index (χ2n) is 8.20. The summed E-state index contributed by atoms with van der Waals surface area (Å²) in [5.74, 6) is -3.61. The molecule has 1 aromatic heterocycles. The van der Waals surface area contributed by atoms with Crippen LogP contribution in [-0.4, -0.2) is 67.4 Å². The molecule has 1 fully saturated rings. The Morgan fingerprint density at radius 1 is 0.921 bits per heavy atom. The lowest BCUT2D eigenvalue weighted by Gasteiger charge is -2.22. The molecule has 1 aliphatic carbocycles.